The second-order valence-electron chi connectivity index (χ2n) is 4.58. The maximum atomic E-state index is 13.2. The van der Waals surface area contributed by atoms with Crippen molar-refractivity contribution in [3.8, 4) is 5.75 Å². The van der Waals surface area contributed by atoms with Crippen LogP contribution in [0, 0.1) is 12.7 Å². The highest BCUT2D eigenvalue weighted by Crippen LogP contribution is 2.26. The summed E-state index contributed by atoms with van der Waals surface area (Å²) in [4.78, 5) is 0.132. The van der Waals surface area contributed by atoms with Crippen molar-refractivity contribution in [2.45, 2.75) is 11.8 Å². The van der Waals surface area contributed by atoms with E-state index in [1.807, 2.05) is 0 Å². The molecule has 0 spiro atoms. The highest BCUT2D eigenvalue weighted by molar-refractivity contribution is 7.92. The summed E-state index contributed by atoms with van der Waals surface area (Å²) in [6.07, 6.45) is 0. The molecular formula is C15H16FNO3S. The molecule has 0 aliphatic rings. The zero-order chi connectivity index (χ0) is 15.6. The van der Waals surface area contributed by atoms with Gasteiger partial charge in [-0.25, -0.2) is 12.8 Å². The minimum Gasteiger partial charge on any atom is -0.496 e. The van der Waals surface area contributed by atoms with Crippen LogP contribution in [-0.2, 0) is 10.0 Å². The van der Waals surface area contributed by atoms with Crippen LogP contribution in [0.1, 0.15) is 5.56 Å². The van der Waals surface area contributed by atoms with E-state index in [-0.39, 0.29) is 10.6 Å². The molecule has 0 N–H and O–H groups in total. The monoisotopic (exact) mass is 309 g/mol. The molecule has 2 aromatic carbocycles. The van der Waals surface area contributed by atoms with Gasteiger partial charge in [0, 0.05) is 7.05 Å². The second kappa shape index (κ2) is 5.73. The van der Waals surface area contributed by atoms with Crippen molar-refractivity contribution >= 4 is 15.7 Å². The molecule has 4 nitrogen and oxygen atoms in total. The van der Waals surface area contributed by atoms with Crippen molar-refractivity contribution in [1.29, 1.82) is 0 Å². The first-order chi connectivity index (χ1) is 9.86. The van der Waals surface area contributed by atoms with Crippen LogP contribution in [0.4, 0.5) is 10.1 Å². The van der Waals surface area contributed by atoms with Crippen LogP contribution in [0.3, 0.4) is 0 Å². The predicted octanol–water partition coefficient (Wildman–Crippen LogP) is 2.97. The van der Waals surface area contributed by atoms with Crippen LogP contribution in [-0.4, -0.2) is 22.6 Å². The number of anilines is 1. The molecule has 0 radical (unpaired) electrons. The van der Waals surface area contributed by atoms with E-state index in [0.717, 1.165) is 4.31 Å². The molecule has 0 heterocycles. The van der Waals surface area contributed by atoms with Gasteiger partial charge >= 0.3 is 0 Å². The lowest BCUT2D eigenvalue weighted by Gasteiger charge is -2.20. The van der Waals surface area contributed by atoms with Gasteiger partial charge in [-0.2, -0.15) is 0 Å². The van der Waals surface area contributed by atoms with E-state index in [2.05, 4.69) is 0 Å². The Labute approximate surface area is 123 Å². The number of rotatable bonds is 4. The molecule has 0 bridgehead atoms. The number of nitrogens with zero attached hydrogens (tertiary/aromatic N) is 1. The number of hydrogen-bond acceptors (Lipinski definition) is 3. The molecule has 21 heavy (non-hydrogen) atoms. The van der Waals surface area contributed by atoms with E-state index in [0.29, 0.717) is 11.3 Å². The molecule has 2 aromatic rings. The predicted molar refractivity (Wildman–Crippen MR) is 79.7 cm³/mol. The molecule has 0 aliphatic carbocycles. The molecule has 0 aliphatic heterocycles. The lowest BCUT2D eigenvalue weighted by Crippen LogP contribution is -2.26. The van der Waals surface area contributed by atoms with Gasteiger partial charge in [0.1, 0.15) is 11.6 Å². The zero-order valence-electron chi connectivity index (χ0n) is 12.0. The van der Waals surface area contributed by atoms with E-state index in [9.17, 15) is 12.8 Å². The molecule has 2 rings (SSSR count). The zero-order valence-corrected chi connectivity index (χ0v) is 12.8. The smallest absolute Gasteiger partial charge is 0.264 e. The van der Waals surface area contributed by atoms with Crippen molar-refractivity contribution in [2.24, 2.45) is 0 Å². The van der Waals surface area contributed by atoms with Crippen molar-refractivity contribution in [1.82, 2.24) is 0 Å². The van der Waals surface area contributed by atoms with E-state index in [4.69, 9.17) is 4.74 Å². The Bertz CT molecular complexity index is 759. The first-order valence-electron chi connectivity index (χ1n) is 6.25. The third-order valence-corrected chi connectivity index (χ3v) is 4.98. The van der Waals surface area contributed by atoms with Crippen LogP contribution in [0.15, 0.2) is 47.4 Å². The third kappa shape index (κ3) is 3.00. The van der Waals surface area contributed by atoms with Gasteiger partial charge < -0.3 is 4.74 Å². The fraction of sp³-hybridized carbons (Fsp3) is 0.200. The molecule has 0 amide bonds. The molecule has 0 fully saturated rings. The molecule has 0 aromatic heterocycles. The Balaban J connectivity index is 2.44. The maximum absolute atomic E-state index is 13.2. The van der Waals surface area contributed by atoms with Gasteiger partial charge in [0.2, 0.25) is 0 Å². The van der Waals surface area contributed by atoms with Crippen LogP contribution >= 0.6 is 0 Å². The Morgan fingerprint density at radius 1 is 1.14 bits per heavy atom. The molecule has 6 heteroatoms. The quantitative estimate of drug-likeness (QED) is 0.872. The molecule has 0 saturated heterocycles. The van der Waals surface area contributed by atoms with Gasteiger partial charge in [-0.05, 0) is 48.9 Å². The topological polar surface area (TPSA) is 46.6 Å². The van der Waals surface area contributed by atoms with Crippen molar-refractivity contribution in [3.05, 3.63) is 53.8 Å². The summed E-state index contributed by atoms with van der Waals surface area (Å²) in [6.45, 7) is 1.76. The molecule has 0 unspecified atom stereocenters. The third-order valence-electron chi connectivity index (χ3n) is 3.20. The first-order valence-corrected chi connectivity index (χ1v) is 7.69. The second-order valence-corrected chi connectivity index (χ2v) is 6.55. The van der Waals surface area contributed by atoms with Crippen LogP contribution in [0.25, 0.3) is 0 Å². The van der Waals surface area contributed by atoms with E-state index in [1.54, 1.807) is 13.0 Å². The highest BCUT2D eigenvalue weighted by atomic mass is 32.2. The first kappa shape index (κ1) is 15.3. The van der Waals surface area contributed by atoms with E-state index >= 15 is 0 Å². The van der Waals surface area contributed by atoms with Gasteiger partial charge in [-0.1, -0.05) is 6.07 Å². The summed E-state index contributed by atoms with van der Waals surface area (Å²) >= 11 is 0. The van der Waals surface area contributed by atoms with Crippen LogP contribution in [0.2, 0.25) is 0 Å². The van der Waals surface area contributed by atoms with Crippen molar-refractivity contribution in [3.63, 3.8) is 0 Å². The minimum atomic E-state index is -3.75. The molecule has 112 valence electrons. The lowest BCUT2D eigenvalue weighted by molar-refractivity contribution is 0.411. The Hall–Kier alpha value is -2.08. The summed E-state index contributed by atoms with van der Waals surface area (Å²) in [7, 11) is -0.829. The van der Waals surface area contributed by atoms with Gasteiger partial charge in [-0.3, -0.25) is 4.31 Å². The number of benzene rings is 2. The number of halogens is 1. The Morgan fingerprint density at radius 2 is 1.86 bits per heavy atom. The summed E-state index contributed by atoms with van der Waals surface area (Å²) in [5, 5.41) is 0. The molecule has 0 saturated carbocycles. The number of methoxy groups -OCH3 is 1. The average molecular weight is 309 g/mol. The SMILES string of the molecule is COc1ccc(S(=O)(=O)N(C)c2cccc(F)c2)cc1C. The number of sulfonamides is 1. The van der Waals surface area contributed by atoms with Gasteiger partial charge in [0.25, 0.3) is 10.0 Å². The largest absolute Gasteiger partial charge is 0.496 e. The highest BCUT2D eigenvalue weighted by Gasteiger charge is 2.22. The summed E-state index contributed by atoms with van der Waals surface area (Å²) < 4.78 is 44.5. The summed E-state index contributed by atoms with van der Waals surface area (Å²) in [5.41, 5.74) is 0.981. The number of hydrogen-bond donors (Lipinski definition) is 0. The van der Waals surface area contributed by atoms with Gasteiger partial charge in [0.15, 0.2) is 0 Å². The summed E-state index contributed by atoms with van der Waals surface area (Å²) in [6, 6.07) is 10.0. The Morgan fingerprint density at radius 3 is 2.43 bits per heavy atom. The lowest BCUT2D eigenvalue weighted by atomic mass is 10.2. The average Bonchev–Trinajstić information content (AvgIpc) is 2.46. The van der Waals surface area contributed by atoms with Crippen molar-refractivity contribution < 1.29 is 17.5 Å². The van der Waals surface area contributed by atoms with Gasteiger partial charge in [-0.15, -0.1) is 0 Å². The summed E-state index contributed by atoms with van der Waals surface area (Å²) in [5.74, 6) is 0.128. The standard InChI is InChI=1S/C15H16FNO3S/c1-11-9-14(7-8-15(11)20-3)21(18,19)17(2)13-6-4-5-12(16)10-13/h4-10H,1-3H3. The van der Waals surface area contributed by atoms with Gasteiger partial charge in [0.05, 0.1) is 17.7 Å². The number of ether oxygens (including phenoxy) is 1. The fourth-order valence-electron chi connectivity index (χ4n) is 1.98. The maximum Gasteiger partial charge on any atom is 0.264 e. The normalized spacial score (nSPS) is 11.2. The van der Waals surface area contributed by atoms with Crippen molar-refractivity contribution in [2.75, 3.05) is 18.5 Å². The van der Waals surface area contributed by atoms with E-state index < -0.39 is 15.8 Å². The van der Waals surface area contributed by atoms with E-state index in [1.165, 1.54) is 50.6 Å². The Kier molecular flexibility index (Phi) is 4.18. The fourth-order valence-corrected chi connectivity index (χ4v) is 3.25. The molecular weight excluding hydrogens is 293 g/mol. The van der Waals surface area contributed by atoms with Crippen LogP contribution in [0.5, 0.6) is 5.75 Å². The molecule has 0 atom stereocenters. The number of aryl methyl sites for hydroxylation is 1. The minimum absolute atomic E-state index is 0.132. The van der Waals surface area contributed by atoms with Crippen LogP contribution < -0.4 is 9.04 Å².